The molecule has 3 atom stereocenters. The average Bonchev–Trinajstić information content (AvgIpc) is 2.16. The van der Waals surface area contributed by atoms with E-state index < -0.39 is 11.1 Å². The molecule has 1 aliphatic heterocycles. The second-order valence-electron chi connectivity index (χ2n) is 3.39. The Kier molecular flexibility index (Phi) is 2.55. The Morgan fingerprint density at radius 3 is 2.67 bits per heavy atom. The largest absolute Gasteiger partial charge is 0.327 e. The molecule has 5 heteroatoms. The van der Waals surface area contributed by atoms with Gasteiger partial charge in [0.05, 0.1) is 13.2 Å². The van der Waals surface area contributed by atoms with Gasteiger partial charge in [-0.3, -0.25) is 4.48 Å². The summed E-state index contributed by atoms with van der Waals surface area (Å²) in [6.07, 6.45) is 4.12. The average molecular weight is 191 g/mol. The predicted molar refractivity (Wildman–Crippen MR) is 48.2 cm³/mol. The van der Waals surface area contributed by atoms with Gasteiger partial charge in [-0.1, -0.05) is 0 Å². The number of nitrogens with zero attached hydrogens (tertiary/aromatic N) is 2. The Balaban J connectivity index is 2.73. The highest BCUT2D eigenvalue weighted by Crippen LogP contribution is 2.21. The topological polar surface area (TPSA) is 40.5 Å². The Hall–Kier alpha value is -0.390. The van der Waals surface area contributed by atoms with E-state index in [0.717, 1.165) is 0 Å². The molecule has 0 saturated heterocycles. The normalized spacial score (nSPS) is 37.3. The molecule has 0 radical (unpaired) electrons. The summed E-state index contributed by atoms with van der Waals surface area (Å²) in [5.41, 5.74) is 0. The van der Waals surface area contributed by atoms with Crippen molar-refractivity contribution in [3.8, 4) is 0 Å². The molecule has 1 heterocycles. The summed E-state index contributed by atoms with van der Waals surface area (Å²) >= 11 is -1.74. The number of quaternary nitrogens is 1. The van der Waals surface area contributed by atoms with Gasteiger partial charge in [0.2, 0.25) is 11.1 Å². The molecule has 0 bridgehead atoms. The molecule has 0 fully saturated rings. The van der Waals surface area contributed by atoms with Crippen LogP contribution in [0, 0.1) is 0 Å². The molecule has 3 unspecified atom stereocenters. The maximum Gasteiger partial charge on any atom is 0.210 e. The minimum absolute atomic E-state index is 0.237. The Labute approximate surface area is 75.3 Å². The first-order valence-electron chi connectivity index (χ1n) is 3.79. The van der Waals surface area contributed by atoms with Crippen LogP contribution in [0.4, 0.5) is 0 Å². The molecule has 0 saturated carbocycles. The Morgan fingerprint density at radius 1 is 1.75 bits per heavy atom. The molecule has 0 aromatic carbocycles. The highest BCUT2D eigenvalue weighted by molar-refractivity contribution is 7.78. The minimum atomic E-state index is -1.74. The van der Waals surface area contributed by atoms with Crippen LogP contribution in [0.2, 0.25) is 0 Å². The van der Waals surface area contributed by atoms with Gasteiger partial charge in [0.1, 0.15) is 6.20 Å². The van der Waals surface area contributed by atoms with E-state index in [1.807, 2.05) is 38.3 Å². The van der Waals surface area contributed by atoms with Crippen LogP contribution in [-0.2, 0) is 11.1 Å². The lowest BCUT2D eigenvalue weighted by Crippen LogP contribution is -2.49. The molecule has 1 N–H and O–H groups in total. The first kappa shape index (κ1) is 9.70. The van der Waals surface area contributed by atoms with Crippen LogP contribution >= 0.6 is 0 Å². The van der Waals surface area contributed by atoms with Crippen LogP contribution in [-0.4, -0.2) is 44.3 Å². The van der Waals surface area contributed by atoms with E-state index >= 15 is 0 Å². The fourth-order valence-corrected chi connectivity index (χ4v) is 2.09. The molecule has 0 aromatic rings. The SMILES string of the molecule is CC1N(C)C=C[N+]1(C)CS(=O)O. The van der Waals surface area contributed by atoms with Crippen molar-refractivity contribution in [1.29, 1.82) is 0 Å². The minimum Gasteiger partial charge on any atom is -0.327 e. The summed E-state index contributed by atoms with van der Waals surface area (Å²) in [5.74, 6) is 0.252. The standard InChI is InChI=1S/C7H14N2O2S/c1-7-8(2)4-5-9(7,3)6-12(10)11/h4-5,7H,6H2,1-3H3/p+1. The fourth-order valence-electron chi connectivity index (χ4n) is 1.31. The van der Waals surface area contributed by atoms with Crippen molar-refractivity contribution in [3.63, 3.8) is 0 Å². The van der Waals surface area contributed by atoms with Crippen LogP contribution in [0.25, 0.3) is 0 Å². The highest BCUT2D eigenvalue weighted by atomic mass is 32.2. The van der Waals surface area contributed by atoms with E-state index in [-0.39, 0.29) is 12.0 Å². The number of hydrogen-bond donors (Lipinski definition) is 1. The van der Waals surface area contributed by atoms with Crippen LogP contribution < -0.4 is 0 Å². The summed E-state index contributed by atoms with van der Waals surface area (Å²) < 4.78 is 19.9. The fraction of sp³-hybridized carbons (Fsp3) is 0.714. The monoisotopic (exact) mass is 191 g/mol. The van der Waals surface area contributed by atoms with Crippen molar-refractivity contribution < 1.29 is 13.2 Å². The van der Waals surface area contributed by atoms with Crippen molar-refractivity contribution in [2.45, 2.75) is 13.1 Å². The van der Waals surface area contributed by atoms with Gasteiger partial charge in [0.25, 0.3) is 0 Å². The van der Waals surface area contributed by atoms with E-state index in [0.29, 0.717) is 4.48 Å². The van der Waals surface area contributed by atoms with Crippen molar-refractivity contribution in [3.05, 3.63) is 12.4 Å². The van der Waals surface area contributed by atoms with Gasteiger partial charge in [-0.05, 0) is 0 Å². The van der Waals surface area contributed by atoms with E-state index in [1.54, 1.807) is 0 Å². The maximum atomic E-state index is 10.7. The summed E-state index contributed by atoms with van der Waals surface area (Å²) in [4.78, 5) is 2.03. The lowest BCUT2D eigenvalue weighted by atomic mass is 10.4. The second-order valence-corrected chi connectivity index (χ2v) is 4.29. The van der Waals surface area contributed by atoms with Gasteiger partial charge in [-0.15, -0.1) is 0 Å². The first-order valence-corrected chi connectivity index (χ1v) is 5.07. The second kappa shape index (κ2) is 3.16. The van der Waals surface area contributed by atoms with E-state index in [2.05, 4.69) is 0 Å². The molecule has 4 nitrogen and oxygen atoms in total. The summed E-state index contributed by atoms with van der Waals surface area (Å²) in [6, 6.07) is 0. The van der Waals surface area contributed by atoms with Gasteiger partial charge in [-0.25, -0.2) is 4.21 Å². The molecule has 0 amide bonds. The van der Waals surface area contributed by atoms with Gasteiger partial charge in [-0.2, -0.15) is 0 Å². The zero-order valence-corrected chi connectivity index (χ0v) is 8.41. The molecule has 0 aliphatic carbocycles. The van der Waals surface area contributed by atoms with Crippen LogP contribution in [0.15, 0.2) is 12.4 Å². The summed E-state index contributed by atoms with van der Waals surface area (Å²) in [6.45, 7) is 2.03. The quantitative estimate of drug-likeness (QED) is 0.506. The zero-order chi connectivity index (χ0) is 9.35. The number of rotatable bonds is 2. The Bertz CT molecular complexity index is 231. The van der Waals surface area contributed by atoms with Crippen molar-refractivity contribution in [1.82, 2.24) is 4.90 Å². The molecule has 1 aliphatic rings. The van der Waals surface area contributed by atoms with Gasteiger partial charge in [0.15, 0.2) is 12.0 Å². The third-order valence-corrected chi connectivity index (χ3v) is 3.25. The molecule has 0 spiro atoms. The first-order chi connectivity index (χ1) is 5.46. The van der Waals surface area contributed by atoms with Crippen LogP contribution in [0.1, 0.15) is 6.92 Å². The third kappa shape index (κ3) is 1.68. The van der Waals surface area contributed by atoms with E-state index in [4.69, 9.17) is 4.55 Å². The van der Waals surface area contributed by atoms with Gasteiger partial charge < -0.3 is 9.45 Å². The summed E-state index contributed by atoms with van der Waals surface area (Å²) in [5, 5.41) is 0. The lowest BCUT2D eigenvalue weighted by molar-refractivity contribution is -0.874. The van der Waals surface area contributed by atoms with Gasteiger partial charge in [0, 0.05) is 14.0 Å². The van der Waals surface area contributed by atoms with Crippen molar-refractivity contribution >= 4 is 11.1 Å². The Morgan fingerprint density at radius 2 is 2.33 bits per heavy atom. The van der Waals surface area contributed by atoms with E-state index in [1.165, 1.54) is 0 Å². The molecule has 12 heavy (non-hydrogen) atoms. The predicted octanol–water partition coefficient (Wildman–Crippen LogP) is 0.375. The smallest absolute Gasteiger partial charge is 0.210 e. The zero-order valence-electron chi connectivity index (χ0n) is 7.60. The van der Waals surface area contributed by atoms with E-state index in [9.17, 15) is 4.21 Å². The molecule has 0 aromatic heterocycles. The lowest BCUT2D eigenvalue weighted by Gasteiger charge is -2.32. The highest BCUT2D eigenvalue weighted by Gasteiger charge is 2.35. The van der Waals surface area contributed by atoms with Crippen LogP contribution in [0.3, 0.4) is 0 Å². The summed E-state index contributed by atoms with van der Waals surface area (Å²) in [7, 11) is 3.91. The molecule has 70 valence electrons. The molecular formula is C7H15N2O2S+. The van der Waals surface area contributed by atoms with Gasteiger partial charge >= 0.3 is 0 Å². The third-order valence-electron chi connectivity index (χ3n) is 2.47. The van der Waals surface area contributed by atoms with Crippen LogP contribution in [0.5, 0.6) is 0 Å². The molecule has 1 rings (SSSR count). The van der Waals surface area contributed by atoms with Crippen molar-refractivity contribution in [2.24, 2.45) is 0 Å². The number of hydrogen-bond acceptors (Lipinski definition) is 2. The molecular weight excluding hydrogens is 176 g/mol. The maximum absolute atomic E-state index is 10.7. The van der Waals surface area contributed by atoms with Crippen molar-refractivity contribution in [2.75, 3.05) is 20.0 Å².